The number of halogens is 2. The highest BCUT2D eigenvalue weighted by molar-refractivity contribution is 6.30. The normalized spacial score (nSPS) is 22.1. The Hall–Kier alpha value is -3.66. The van der Waals surface area contributed by atoms with E-state index in [0.717, 1.165) is 61.4 Å². The number of imidazole rings is 1. The molecule has 0 spiro atoms. The number of carbonyl (C=O) groups is 1. The number of methoxy groups -OCH3 is 1. The van der Waals surface area contributed by atoms with Gasteiger partial charge in [0.1, 0.15) is 11.6 Å². The van der Waals surface area contributed by atoms with Crippen LogP contribution in [0.1, 0.15) is 59.4 Å². The van der Waals surface area contributed by atoms with Gasteiger partial charge in [0.15, 0.2) is 11.5 Å². The van der Waals surface area contributed by atoms with E-state index in [1.807, 2.05) is 24.3 Å². The fourth-order valence-corrected chi connectivity index (χ4v) is 6.57. The number of likely N-dealkylation sites (tertiary alicyclic amines) is 1. The quantitative estimate of drug-likeness (QED) is 0.225. The second-order valence-corrected chi connectivity index (χ2v) is 12.1. The Morgan fingerprint density at radius 2 is 1.93 bits per heavy atom. The predicted molar refractivity (Wildman–Crippen MR) is 159 cm³/mol. The number of nitrogens with zero attached hydrogens (tertiary/aromatic N) is 3. The molecule has 10 heteroatoms. The van der Waals surface area contributed by atoms with Crippen LogP contribution in [0.15, 0.2) is 54.6 Å². The Morgan fingerprint density at radius 3 is 2.65 bits per heavy atom. The Balaban J connectivity index is 1.08. The van der Waals surface area contributed by atoms with Gasteiger partial charge in [-0.3, -0.25) is 4.90 Å². The number of fused-ring (bicyclic) bond motifs is 2. The number of para-hydroxylation sites is 1. The summed E-state index contributed by atoms with van der Waals surface area (Å²) in [4.78, 5) is 19.6. The number of rotatable bonds is 7. The molecule has 224 valence electrons. The van der Waals surface area contributed by atoms with E-state index < -0.39 is 11.6 Å². The Labute approximate surface area is 254 Å². The molecule has 0 bridgehead atoms. The molecule has 3 aliphatic rings. The molecule has 2 saturated heterocycles. The lowest BCUT2D eigenvalue weighted by Crippen LogP contribution is -2.35. The maximum absolute atomic E-state index is 14.8. The standard InChI is InChI=1S/C33H33ClFN3O5/c1-33(25-8-7-22(34)17-26(25)35)42-29-5-3-4-24(31(29)43-33)20-10-13-37(14-11-20)19-30-36-27-9-6-21(32(39)40-2)16-28(27)38(30)18-23-12-15-41-23/h3-9,16-17,20,23H,10-15,18-19H2,1-2H3/t23-,33?/m0/s1. The van der Waals surface area contributed by atoms with E-state index in [-0.39, 0.29) is 18.0 Å². The zero-order valence-corrected chi connectivity index (χ0v) is 24.9. The lowest BCUT2D eigenvalue weighted by atomic mass is 9.88. The molecule has 7 rings (SSSR count). The van der Waals surface area contributed by atoms with Crippen LogP contribution in [0.2, 0.25) is 5.02 Å². The van der Waals surface area contributed by atoms with Crippen LogP contribution in [0, 0.1) is 5.82 Å². The van der Waals surface area contributed by atoms with Crippen LogP contribution in [-0.4, -0.2) is 53.3 Å². The van der Waals surface area contributed by atoms with E-state index in [1.165, 1.54) is 13.2 Å². The molecule has 1 aromatic heterocycles. The zero-order valence-electron chi connectivity index (χ0n) is 24.1. The molecular formula is C33H33ClFN3O5. The second kappa shape index (κ2) is 11.1. The molecule has 43 heavy (non-hydrogen) atoms. The predicted octanol–water partition coefficient (Wildman–Crippen LogP) is 6.43. The van der Waals surface area contributed by atoms with Crippen LogP contribution in [0.5, 0.6) is 11.5 Å². The Bertz CT molecular complexity index is 1700. The first-order valence-electron chi connectivity index (χ1n) is 14.7. The molecule has 8 nitrogen and oxygen atoms in total. The molecule has 2 fully saturated rings. The van der Waals surface area contributed by atoms with Crippen LogP contribution in [0.25, 0.3) is 11.0 Å². The third-order valence-electron chi connectivity index (χ3n) is 8.85. The molecule has 0 aliphatic carbocycles. The molecular weight excluding hydrogens is 573 g/mol. The van der Waals surface area contributed by atoms with Gasteiger partial charge in [-0.15, -0.1) is 0 Å². The van der Waals surface area contributed by atoms with Gasteiger partial charge in [0.2, 0.25) is 0 Å². The lowest BCUT2D eigenvalue weighted by Gasteiger charge is -2.33. The van der Waals surface area contributed by atoms with Gasteiger partial charge in [0.25, 0.3) is 5.79 Å². The molecule has 4 heterocycles. The van der Waals surface area contributed by atoms with Crippen molar-refractivity contribution in [2.24, 2.45) is 0 Å². The van der Waals surface area contributed by atoms with Crippen LogP contribution in [0.4, 0.5) is 4.39 Å². The number of ether oxygens (including phenoxy) is 4. The van der Waals surface area contributed by atoms with Crippen molar-refractivity contribution in [3.8, 4) is 11.5 Å². The molecule has 4 aromatic rings. The summed E-state index contributed by atoms with van der Waals surface area (Å²) in [5.41, 5.74) is 3.67. The van der Waals surface area contributed by atoms with Crippen LogP contribution >= 0.6 is 11.6 Å². The maximum atomic E-state index is 14.8. The van der Waals surface area contributed by atoms with Crippen molar-refractivity contribution in [3.63, 3.8) is 0 Å². The summed E-state index contributed by atoms with van der Waals surface area (Å²) in [5, 5.41) is 0.325. The van der Waals surface area contributed by atoms with Crippen LogP contribution in [-0.2, 0) is 28.4 Å². The average Bonchev–Trinajstić information content (AvgIpc) is 3.51. The molecule has 2 atom stereocenters. The third-order valence-corrected chi connectivity index (χ3v) is 9.09. The molecule has 1 unspecified atom stereocenters. The summed E-state index contributed by atoms with van der Waals surface area (Å²) in [6, 6.07) is 16.0. The van der Waals surface area contributed by atoms with Gasteiger partial charge in [0, 0.05) is 24.1 Å². The number of carbonyl (C=O) groups excluding carboxylic acids is 1. The van der Waals surface area contributed by atoms with E-state index in [4.69, 9.17) is 35.5 Å². The summed E-state index contributed by atoms with van der Waals surface area (Å²) in [6.45, 7) is 5.68. The average molecular weight is 606 g/mol. The summed E-state index contributed by atoms with van der Waals surface area (Å²) in [7, 11) is 1.39. The Kier molecular flexibility index (Phi) is 7.27. The minimum atomic E-state index is -1.27. The smallest absolute Gasteiger partial charge is 0.337 e. The van der Waals surface area contributed by atoms with Crippen molar-refractivity contribution < 1.29 is 28.1 Å². The van der Waals surface area contributed by atoms with E-state index in [0.29, 0.717) is 40.7 Å². The van der Waals surface area contributed by atoms with Crippen LogP contribution < -0.4 is 9.47 Å². The monoisotopic (exact) mass is 605 g/mol. The minimum Gasteiger partial charge on any atom is -0.465 e. The van der Waals surface area contributed by atoms with Gasteiger partial charge in [-0.2, -0.15) is 0 Å². The van der Waals surface area contributed by atoms with E-state index in [9.17, 15) is 9.18 Å². The molecule has 0 radical (unpaired) electrons. The van der Waals surface area contributed by atoms with Crippen LogP contribution in [0.3, 0.4) is 0 Å². The first-order chi connectivity index (χ1) is 20.8. The molecule has 0 amide bonds. The van der Waals surface area contributed by atoms with Gasteiger partial charge in [-0.1, -0.05) is 23.7 Å². The van der Waals surface area contributed by atoms with Crippen molar-refractivity contribution in [2.45, 2.75) is 57.1 Å². The fraction of sp³-hybridized carbons (Fsp3) is 0.394. The fourth-order valence-electron chi connectivity index (χ4n) is 6.41. The highest BCUT2D eigenvalue weighted by Crippen LogP contribution is 2.50. The van der Waals surface area contributed by atoms with E-state index in [2.05, 4.69) is 15.5 Å². The summed E-state index contributed by atoms with van der Waals surface area (Å²) in [6.07, 6.45) is 3.03. The number of hydrogen-bond donors (Lipinski definition) is 0. The van der Waals surface area contributed by atoms with Gasteiger partial charge in [0.05, 0.1) is 48.5 Å². The summed E-state index contributed by atoms with van der Waals surface area (Å²) < 4.78 is 40.3. The van der Waals surface area contributed by atoms with Gasteiger partial charge < -0.3 is 23.5 Å². The summed E-state index contributed by atoms with van der Waals surface area (Å²) >= 11 is 5.98. The number of piperidine rings is 1. The minimum absolute atomic E-state index is 0.151. The first-order valence-corrected chi connectivity index (χ1v) is 15.1. The largest absolute Gasteiger partial charge is 0.465 e. The highest BCUT2D eigenvalue weighted by atomic mass is 35.5. The van der Waals surface area contributed by atoms with E-state index in [1.54, 1.807) is 25.1 Å². The van der Waals surface area contributed by atoms with Crippen molar-refractivity contribution in [1.82, 2.24) is 14.5 Å². The summed E-state index contributed by atoms with van der Waals surface area (Å²) in [5.74, 6) is 0.440. The van der Waals surface area contributed by atoms with Crippen molar-refractivity contribution in [1.29, 1.82) is 0 Å². The number of benzene rings is 3. The second-order valence-electron chi connectivity index (χ2n) is 11.6. The van der Waals surface area contributed by atoms with Crippen molar-refractivity contribution in [3.05, 3.63) is 88.0 Å². The number of aromatic nitrogens is 2. The SMILES string of the molecule is COC(=O)c1ccc2nc(CN3CCC(c4cccc5c4OC(C)(c4ccc(Cl)cc4F)O5)CC3)n(C[C@@H]3CCO3)c2c1. The molecule has 3 aliphatic heterocycles. The molecule has 0 saturated carbocycles. The Morgan fingerprint density at radius 1 is 1.12 bits per heavy atom. The van der Waals surface area contributed by atoms with Gasteiger partial charge >= 0.3 is 5.97 Å². The maximum Gasteiger partial charge on any atom is 0.337 e. The zero-order chi connectivity index (χ0) is 29.7. The van der Waals surface area contributed by atoms with Gasteiger partial charge in [-0.25, -0.2) is 14.2 Å². The highest BCUT2D eigenvalue weighted by Gasteiger charge is 2.43. The molecule has 0 N–H and O–H groups in total. The molecule has 3 aromatic carbocycles. The number of hydrogen-bond acceptors (Lipinski definition) is 7. The third kappa shape index (κ3) is 5.24. The van der Waals surface area contributed by atoms with Crippen molar-refractivity contribution >= 4 is 28.6 Å². The van der Waals surface area contributed by atoms with Crippen molar-refractivity contribution in [2.75, 3.05) is 26.8 Å². The number of esters is 1. The van der Waals surface area contributed by atoms with E-state index >= 15 is 0 Å². The lowest BCUT2D eigenvalue weighted by molar-refractivity contribution is -0.0712. The topological polar surface area (TPSA) is 75.0 Å². The van der Waals surface area contributed by atoms with Gasteiger partial charge in [-0.05, 0) is 80.7 Å². The first kappa shape index (κ1) is 28.1.